The summed E-state index contributed by atoms with van der Waals surface area (Å²) in [5, 5.41) is 0. The zero-order valence-electron chi connectivity index (χ0n) is 25.6. The van der Waals surface area contributed by atoms with E-state index in [4.69, 9.17) is 9.98 Å². The van der Waals surface area contributed by atoms with Gasteiger partial charge in [0, 0.05) is 20.4 Å². The Bertz CT molecular complexity index is 947. The third-order valence-electron chi connectivity index (χ3n) is 7.42. The topological polar surface area (TPSA) is 24.7 Å². The molecule has 0 aromatic heterocycles. The van der Waals surface area contributed by atoms with Crippen molar-refractivity contribution >= 4 is 22.8 Å². The van der Waals surface area contributed by atoms with E-state index in [0.717, 1.165) is 54.9 Å². The van der Waals surface area contributed by atoms with Crippen LogP contribution in [-0.2, 0) is 33.3 Å². The smallest absolute Gasteiger partial charge is 0.0636 e. The number of benzene rings is 2. The first-order chi connectivity index (χ1) is 18.7. The average Bonchev–Trinajstić information content (AvgIpc) is 2.94. The van der Waals surface area contributed by atoms with Gasteiger partial charge in [0.1, 0.15) is 0 Å². The molecule has 0 amide bonds. The molecule has 0 unspecified atom stereocenters. The van der Waals surface area contributed by atoms with Gasteiger partial charge in [0.2, 0.25) is 0 Å². The van der Waals surface area contributed by atoms with E-state index in [1.54, 1.807) is 0 Å². The summed E-state index contributed by atoms with van der Waals surface area (Å²) in [6.07, 6.45) is 22.6. The summed E-state index contributed by atoms with van der Waals surface area (Å²) in [6.45, 7) is 9.04. The van der Waals surface area contributed by atoms with E-state index >= 15 is 0 Å². The van der Waals surface area contributed by atoms with Crippen LogP contribution in [0.1, 0.15) is 142 Å². The molecule has 0 N–H and O–H groups in total. The molecule has 0 heterocycles. The quantitative estimate of drug-likeness (QED) is 0.0751. The molecule has 0 atom stereocenters. The monoisotopic (exact) mass is 622 g/mol. The predicted molar refractivity (Wildman–Crippen MR) is 171 cm³/mol. The number of aryl methyl sites for hydroxylation is 2. The Morgan fingerprint density at radius 3 is 1.41 bits per heavy atom. The van der Waals surface area contributed by atoms with Gasteiger partial charge in [-0.3, -0.25) is 9.98 Å². The molecule has 0 aliphatic carbocycles. The molecule has 0 bridgehead atoms. The molecule has 0 radical (unpaired) electrons. The van der Waals surface area contributed by atoms with Crippen molar-refractivity contribution in [3.63, 3.8) is 0 Å². The van der Waals surface area contributed by atoms with Crippen LogP contribution in [0.15, 0.2) is 58.5 Å². The van der Waals surface area contributed by atoms with Gasteiger partial charge in [-0.05, 0) is 80.3 Å². The summed E-state index contributed by atoms with van der Waals surface area (Å²) >= 11 is 0. The third kappa shape index (κ3) is 15.7. The van der Waals surface area contributed by atoms with Crippen molar-refractivity contribution in [2.24, 2.45) is 9.98 Å². The summed E-state index contributed by atoms with van der Waals surface area (Å²) in [7, 11) is 0. The summed E-state index contributed by atoms with van der Waals surface area (Å²) in [5.41, 5.74) is 7.27. The number of hydrogen-bond acceptors (Lipinski definition) is 2. The Morgan fingerprint density at radius 2 is 0.949 bits per heavy atom. The minimum absolute atomic E-state index is 0. The molecule has 3 heteroatoms. The summed E-state index contributed by atoms with van der Waals surface area (Å²) < 4.78 is 0. The molecule has 2 rings (SSSR count). The third-order valence-corrected chi connectivity index (χ3v) is 7.42. The number of aliphatic imine (C=N–C) groups is 2. The molecule has 0 saturated carbocycles. The zero-order valence-corrected chi connectivity index (χ0v) is 27.1. The largest absolute Gasteiger partial charge is 0.252 e. The number of nitrogens with zero attached hydrogens (tertiary/aromatic N) is 2. The Labute approximate surface area is 255 Å². The van der Waals surface area contributed by atoms with Crippen molar-refractivity contribution in [3.05, 3.63) is 59.7 Å². The fraction of sp³-hybridized carbons (Fsp3) is 0.611. The molecule has 220 valence electrons. The number of rotatable bonds is 21. The first-order valence-corrected chi connectivity index (χ1v) is 16.0. The maximum atomic E-state index is 5.19. The second-order valence-corrected chi connectivity index (χ2v) is 10.9. The zero-order chi connectivity index (χ0) is 27.3. The Balaban J connectivity index is 0.00000760. The number of unbranched alkanes of at least 4 members (excludes halogenated alkanes) is 11. The van der Waals surface area contributed by atoms with Crippen molar-refractivity contribution in [2.75, 3.05) is 0 Å². The first-order valence-electron chi connectivity index (χ1n) is 16.0. The van der Waals surface area contributed by atoms with Crippen LogP contribution in [0, 0.1) is 0 Å². The van der Waals surface area contributed by atoms with Gasteiger partial charge in [-0.2, -0.15) is 0 Å². The van der Waals surface area contributed by atoms with Gasteiger partial charge in [-0.15, -0.1) is 0 Å². The van der Waals surface area contributed by atoms with Crippen LogP contribution < -0.4 is 0 Å². The first kappa shape index (κ1) is 35.5. The van der Waals surface area contributed by atoms with E-state index in [0.29, 0.717) is 0 Å². The van der Waals surface area contributed by atoms with Gasteiger partial charge < -0.3 is 0 Å². The molecule has 2 nitrogen and oxygen atoms in total. The average molecular weight is 623 g/mol. The predicted octanol–water partition coefficient (Wildman–Crippen LogP) is 11.9. The Hall–Kier alpha value is -1.56. The molecule has 0 aliphatic heterocycles. The second kappa shape index (κ2) is 23.2. The normalized spacial score (nSPS) is 12.0. The Morgan fingerprint density at radius 1 is 0.513 bits per heavy atom. The SMILES string of the molecule is CCCCCCCCc1cccc(/N=C(CC)/C(CCCC)=N/c2cccc(CCCCCCCC)c2)c1.[Pd]. The van der Waals surface area contributed by atoms with Gasteiger partial charge in [-0.1, -0.05) is 123 Å². The fourth-order valence-electron chi connectivity index (χ4n) is 5.05. The summed E-state index contributed by atoms with van der Waals surface area (Å²) in [4.78, 5) is 10.3. The van der Waals surface area contributed by atoms with Crippen LogP contribution in [0.3, 0.4) is 0 Å². The van der Waals surface area contributed by atoms with Crippen molar-refractivity contribution < 1.29 is 20.4 Å². The molecule has 39 heavy (non-hydrogen) atoms. The van der Waals surface area contributed by atoms with Crippen molar-refractivity contribution in [1.29, 1.82) is 0 Å². The van der Waals surface area contributed by atoms with E-state index in [-0.39, 0.29) is 20.4 Å². The van der Waals surface area contributed by atoms with Crippen LogP contribution >= 0.6 is 0 Å². The van der Waals surface area contributed by atoms with Crippen LogP contribution in [-0.4, -0.2) is 11.4 Å². The maximum absolute atomic E-state index is 5.19. The standard InChI is InChI=1S/C36H56N2.Pd/c1-5-9-12-14-16-18-22-31-24-20-26-33(29-31)37-35(8-4)36(28-11-7-3)38-34-27-21-25-32(30-34)23-19-17-15-13-10-6-2;/h20-21,24-27,29-30H,5-19,22-23,28H2,1-4H3;/b37-35+,38-36+;. The van der Waals surface area contributed by atoms with Gasteiger partial charge in [0.25, 0.3) is 0 Å². The van der Waals surface area contributed by atoms with Crippen molar-refractivity contribution in [3.8, 4) is 0 Å². The molecule has 0 aliphatic rings. The molecule has 0 saturated heterocycles. The molecule has 0 fully saturated rings. The van der Waals surface area contributed by atoms with Gasteiger partial charge >= 0.3 is 0 Å². The Kier molecular flexibility index (Phi) is 21.1. The molecule has 0 spiro atoms. The molecular formula is C36H56N2Pd. The van der Waals surface area contributed by atoms with Gasteiger partial charge in [-0.25, -0.2) is 0 Å². The molecule has 2 aromatic carbocycles. The van der Waals surface area contributed by atoms with Crippen LogP contribution in [0.25, 0.3) is 0 Å². The minimum atomic E-state index is 0. The van der Waals surface area contributed by atoms with E-state index in [1.807, 2.05) is 0 Å². The van der Waals surface area contributed by atoms with E-state index in [1.165, 1.54) is 94.6 Å². The van der Waals surface area contributed by atoms with Crippen molar-refractivity contribution in [1.82, 2.24) is 0 Å². The van der Waals surface area contributed by atoms with Gasteiger partial charge in [0.15, 0.2) is 0 Å². The van der Waals surface area contributed by atoms with E-state index < -0.39 is 0 Å². The van der Waals surface area contributed by atoms with E-state index in [2.05, 4.69) is 76.2 Å². The van der Waals surface area contributed by atoms with Gasteiger partial charge in [0.05, 0.1) is 22.8 Å². The molecular weight excluding hydrogens is 567 g/mol. The second-order valence-electron chi connectivity index (χ2n) is 10.9. The summed E-state index contributed by atoms with van der Waals surface area (Å²) in [6, 6.07) is 17.8. The van der Waals surface area contributed by atoms with Crippen LogP contribution in [0.2, 0.25) is 0 Å². The number of hydrogen-bond donors (Lipinski definition) is 0. The summed E-state index contributed by atoms with van der Waals surface area (Å²) in [5.74, 6) is 0. The minimum Gasteiger partial charge on any atom is -0.252 e. The fourth-order valence-corrected chi connectivity index (χ4v) is 5.05. The van der Waals surface area contributed by atoms with Crippen LogP contribution in [0.4, 0.5) is 11.4 Å². The maximum Gasteiger partial charge on any atom is 0.0636 e. The van der Waals surface area contributed by atoms with E-state index in [9.17, 15) is 0 Å². The van der Waals surface area contributed by atoms with Crippen molar-refractivity contribution in [2.45, 2.75) is 143 Å². The molecule has 2 aromatic rings. The van der Waals surface area contributed by atoms with Crippen LogP contribution in [0.5, 0.6) is 0 Å².